The molecule has 0 bridgehead atoms. The largest absolute Gasteiger partial charge is 0.297 e. The Labute approximate surface area is 178 Å². The van der Waals surface area contributed by atoms with Crippen LogP contribution in [-0.2, 0) is 4.57 Å². The number of hydrogen-bond donors (Lipinski definition) is 0. The highest BCUT2D eigenvalue weighted by Crippen LogP contribution is 2.58. The fourth-order valence-corrected chi connectivity index (χ4v) is 6.82. The number of hydrogen-bond acceptors (Lipinski definition) is 1. The molecule has 0 heterocycles. The zero-order valence-corrected chi connectivity index (χ0v) is 18.5. The van der Waals surface area contributed by atoms with Crippen molar-refractivity contribution in [2.24, 2.45) is 0 Å². The fourth-order valence-electron chi connectivity index (χ4n) is 3.60. The minimum atomic E-state index is -3.08. The molecule has 0 aromatic heterocycles. The lowest BCUT2D eigenvalue weighted by atomic mass is 9.96. The van der Waals surface area contributed by atoms with Gasteiger partial charge in [0.15, 0.2) is 7.29 Å². The van der Waals surface area contributed by atoms with Crippen molar-refractivity contribution >= 4 is 40.6 Å². The van der Waals surface area contributed by atoms with E-state index in [-0.39, 0.29) is 6.04 Å². The third kappa shape index (κ3) is 5.39. The summed E-state index contributed by atoms with van der Waals surface area (Å²) in [4.78, 5) is 0. The summed E-state index contributed by atoms with van der Waals surface area (Å²) < 4.78 is 16.2. The highest BCUT2D eigenvalue weighted by molar-refractivity contribution is 7.68. The quantitative estimate of drug-likeness (QED) is 0.429. The number of nitrogens with zero attached hydrogens (tertiary/aromatic N) is 1. The van der Waals surface area contributed by atoms with Gasteiger partial charge < -0.3 is 0 Å². The molecule has 2 aromatic carbocycles. The van der Waals surface area contributed by atoms with Crippen molar-refractivity contribution in [2.45, 2.75) is 38.1 Å². The van der Waals surface area contributed by atoms with Gasteiger partial charge in [-0.15, -0.1) is 0 Å². The molecule has 0 N–H and O–H groups in total. The van der Waals surface area contributed by atoms with Crippen LogP contribution in [0.15, 0.2) is 72.3 Å². The highest BCUT2D eigenvalue weighted by Gasteiger charge is 2.31. The zero-order valence-electron chi connectivity index (χ0n) is 16.1. The van der Waals surface area contributed by atoms with E-state index >= 15 is 0 Å². The molecule has 1 aliphatic rings. The van der Waals surface area contributed by atoms with Crippen LogP contribution in [0.1, 0.15) is 43.2 Å². The summed E-state index contributed by atoms with van der Waals surface area (Å²) in [6.07, 6.45) is 5.68. The summed E-state index contributed by atoms with van der Waals surface area (Å²) in [5.74, 6) is 3.40. The SMILES string of the molecule is CN(C1CCCCC1)P(=O)(/C=C(/Cl)c1ccccc1)/C=C(/Cl)c1ccccc1. The van der Waals surface area contributed by atoms with Crippen molar-refractivity contribution < 1.29 is 4.57 Å². The predicted octanol–water partition coefficient (Wildman–Crippen LogP) is 8.00. The molecule has 148 valence electrons. The van der Waals surface area contributed by atoms with Crippen molar-refractivity contribution in [1.29, 1.82) is 0 Å². The maximum atomic E-state index is 14.2. The molecule has 0 amide bonds. The Morgan fingerprint density at radius 2 is 1.29 bits per heavy atom. The van der Waals surface area contributed by atoms with E-state index in [9.17, 15) is 4.57 Å². The van der Waals surface area contributed by atoms with Crippen molar-refractivity contribution in [1.82, 2.24) is 4.67 Å². The molecule has 2 aromatic rings. The van der Waals surface area contributed by atoms with Gasteiger partial charge in [0, 0.05) is 17.7 Å². The van der Waals surface area contributed by atoms with Gasteiger partial charge in [0.1, 0.15) is 0 Å². The van der Waals surface area contributed by atoms with Crippen LogP contribution in [0, 0.1) is 0 Å². The van der Waals surface area contributed by atoms with Crippen molar-refractivity contribution in [2.75, 3.05) is 7.05 Å². The van der Waals surface area contributed by atoms with E-state index in [4.69, 9.17) is 23.2 Å². The van der Waals surface area contributed by atoms with Crippen LogP contribution in [0.4, 0.5) is 0 Å². The van der Waals surface area contributed by atoms with E-state index in [1.54, 1.807) is 11.6 Å². The van der Waals surface area contributed by atoms with Crippen molar-refractivity contribution in [3.05, 3.63) is 83.4 Å². The van der Waals surface area contributed by atoms with E-state index < -0.39 is 7.29 Å². The maximum Gasteiger partial charge on any atom is 0.196 e. The molecule has 28 heavy (non-hydrogen) atoms. The van der Waals surface area contributed by atoms with Crippen LogP contribution in [0.5, 0.6) is 0 Å². The molecule has 0 aliphatic heterocycles. The molecule has 1 fully saturated rings. The second kappa shape index (κ2) is 9.94. The lowest BCUT2D eigenvalue weighted by Gasteiger charge is -2.34. The van der Waals surface area contributed by atoms with Crippen LogP contribution < -0.4 is 0 Å². The van der Waals surface area contributed by atoms with Crippen LogP contribution in [-0.4, -0.2) is 17.8 Å². The molecule has 0 radical (unpaired) electrons. The first-order chi connectivity index (χ1) is 13.5. The first-order valence-corrected chi connectivity index (χ1v) is 12.3. The van der Waals surface area contributed by atoms with Crippen LogP contribution in [0.2, 0.25) is 0 Å². The summed E-state index contributed by atoms with van der Waals surface area (Å²) >= 11 is 13.2. The van der Waals surface area contributed by atoms with Gasteiger partial charge in [-0.3, -0.25) is 4.57 Å². The van der Waals surface area contributed by atoms with E-state index in [2.05, 4.69) is 0 Å². The molecule has 0 spiro atoms. The Kier molecular flexibility index (Phi) is 7.60. The van der Waals surface area contributed by atoms with Gasteiger partial charge in [-0.1, -0.05) is 103 Å². The molecule has 3 rings (SSSR count). The molecular formula is C23H26Cl2NOP. The second-order valence-corrected chi connectivity index (χ2v) is 10.5. The van der Waals surface area contributed by atoms with Gasteiger partial charge >= 0.3 is 0 Å². The number of halogens is 2. The standard InChI is InChI=1S/C23H26Cl2NOP/c1-26(21-15-9-4-10-16-21)28(27,17-22(24)19-11-5-2-6-12-19)18-23(25)20-13-7-3-8-14-20/h2-3,5-8,11-14,17-18,21H,4,9-10,15-16H2,1H3/b22-17+,23-18+. The van der Waals surface area contributed by atoms with E-state index in [0.29, 0.717) is 10.1 Å². The monoisotopic (exact) mass is 433 g/mol. The van der Waals surface area contributed by atoms with Gasteiger partial charge in [-0.25, -0.2) is 4.67 Å². The van der Waals surface area contributed by atoms with Gasteiger partial charge in [0.25, 0.3) is 0 Å². The normalized spacial score (nSPS) is 17.1. The molecule has 1 aliphatic carbocycles. The molecule has 0 atom stereocenters. The summed E-state index contributed by atoms with van der Waals surface area (Å²) in [5.41, 5.74) is 1.70. The summed E-state index contributed by atoms with van der Waals surface area (Å²) in [6.45, 7) is 0. The van der Waals surface area contributed by atoms with Gasteiger partial charge in [-0.2, -0.15) is 0 Å². The van der Waals surface area contributed by atoms with Crippen LogP contribution in [0.25, 0.3) is 10.1 Å². The maximum absolute atomic E-state index is 14.2. The predicted molar refractivity (Wildman–Crippen MR) is 123 cm³/mol. The average Bonchev–Trinajstić information content (AvgIpc) is 2.75. The first-order valence-electron chi connectivity index (χ1n) is 9.70. The molecule has 1 saturated carbocycles. The Balaban J connectivity index is 2.01. The summed E-state index contributed by atoms with van der Waals surface area (Å²) in [6, 6.07) is 19.5. The van der Waals surface area contributed by atoms with Gasteiger partial charge in [0.05, 0.1) is 10.1 Å². The number of rotatable bonds is 6. The Morgan fingerprint density at radius 1 is 0.857 bits per heavy atom. The summed E-state index contributed by atoms with van der Waals surface area (Å²) in [7, 11) is -1.14. The molecule has 5 heteroatoms. The van der Waals surface area contributed by atoms with Crippen molar-refractivity contribution in [3.63, 3.8) is 0 Å². The lowest BCUT2D eigenvalue weighted by Crippen LogP contribution is -2.30. The lowest BCUT2D eigenvalue weighted by molar-refractivity contribution is 0.288. The molecule has 0 saturated heterocycles. The Hall–Kier alpha value is -1.31. The average molecular weight is 434 g/mol. The van der Waals surface area contributed by atoms with E-state index in [1.807, 2.05) is 72.4 Å². The third-order valence-corrected chi connectivity index (χ3v) is 8.82. The van der Waals surface area contributed by atoms with E-state index in [0.717, 1.165) is 24.0 Å². The minimum Gasteiger partial charge on any atom is -0.297 e. The highest BCUT2D eigenvalue weighted by atomic mass is 35.5. The minimum absolute atomic E-state index is 0.271. The van der Waals surface area contributed by atoms with Gasteiger partial charge in [-0.05, 0) is 31.0 Å². The fraction of sp³-hybridized carbons (Fsp3) is 0.304. The molecule has 0 unspecified atom stereocenters. The number of benzene rings is 2. The zero-order chi connectivity index (χ0) is 20.0. The molecular weight excluding hydrogens is 408 g/mol. The van der Waals surface area contributed by atoms with Crippen LogP contribution in [0.3, 0.4) is 0 Å². The molecule has 2 nitrogen and oxygen atoms in total. The first kappa shape index (κ1) is 21.4. The second-order valence-electron chi connectivity index (χ2n) is 7.22. The summed E-state index contributed by atoms with van der Waals surface area (Å²) in [5, 5.41) is 0.973. The van der Waals surface area contributed by atoms with Crippen molar-refractivity contribution in [3.8, 4) is 0 Å². The smallest absolute Gasteiger partial charge is 0.196 e. The Bertz CT molecular complexity index is 814. The topological polar surface area (TPSA) is 20.3 Å². The Morgan fingerprint density at radius 3 is 1.71 bits per heavy atom. The van der Waals surface area contributed by atoms with E-state index in [1.165, 1.54) is 19.3 Å². The third-order valence-electron chi connectivity index (χ3n) is 5.29. The van der Waals surface area contributed by atoms with Gasteiger partial charge in [0.2, 0.25) is 0 Å². The van der Waals surface area contributed by atoms with Crippen LogP contribution >= 0.6 is 30.5 Å².